The zero-order valence-corrected chi connectivity index (χ0v) is 10.9. The number of aromatic nitrogens is 3. The van der Waals surface area contributed by atoms with Crippen LogP contribution in [-0.2, 0) is 0 Å². The summed E-state index contributed by atoms with van der Waals surface area (Å²) in [7, 11) is 0. The summed E-state index contributed by atoms with van der Waals surface area (Å²) in [6.45, 7) is 4.13. The number of hydrogen-bond acceptors (Lipinski definition) is 2. The van der Waals surface area contributed by atoms with Crippen molar-refractivity contribution in [2.75, 3.05) is 0 Å². The molecule has 4 heteroatoms. The fourth-order valence-electron chi connectivity index (χ4n) is 2.07. The third-order valence-corrected chi connectivity index (χ3v) is 3.01. The van der Waals surface area contributed by atoms with Crippen LogP contribution in [0.4, 0.5) is 0 Å². The van der Waals surface area contributed by atoms with Crippen molar-refractivity contribution in [2.24, 2.45) is 0 Å². The van der Waals surface area contributed by atoms with Crippen molar-refractivity contribution in [2.45, 2.75) is 13.8 Å². The standard InChI is InChI=1S/C14H12ClN3/c1-9-5-10(2)7-12(6-9)18-16-13-4-3-11(15)8-14(13)17-18/h3-8H,1-2H3. The average molecular weight is 258 g/mol. The van der Waals surface area contributed by atoms with E-state index in [1.165, 1.54) is 11.1 Å². The van der Waals surface area contributed by atoms with E-state index in [-0.39, 0.29) is 0 Å². The van der Waals surface area contributed by atoms with Gasteiger partial charge in [-0.25, -0.2) is 0 Å². The highest BCUT2D eigenvalue weighted by Gasteiger charge is 2.05. The van der Waals surface area contributed by atoms with E-state index in [0.717, 1.165) is 16.7 Å². The third kappa shape index (κ3) is 1.97. The molecule has 3 aromatic rings. The van der Waals surface area contributed by atoms with Gasteiger partial charge in [0.25, 0.3) is 0 Å². The number of hydrogen-bond donors (Lipinski definition) is 0. The Labute approximate surface area is 110 Å². The molecule has 1 heterocycles. The number of fused-ring (bicyclic) bond motifs is 1. The summed E-state index contributed by atoms with van der Waals surface area (Å²) in [5.74, 6) is 0. The van der Waals surface area contributed by atoms with Crippen LogP contribution < -0.4 is 0 Å². The van der Waals surface area contributed by atoms with Gasteiger partial charge in [-0.05, 0) is 55.3 Å². The van der Waals surface area contributed by atoms with Crippen molar-refractivity contribution < 1.29 is 0 Å². The van der Waals surface area contributed by atoms with E-state index in [9.17, 15) is 0 Å². The zero-order chi connectivity index (χ0) is 12.7. The van der Waals surface area contributed by atoms with Gasteiger partial charge in [-0.1, -0.05) is 17.7 Å². The van der Waals surface area contributed by atoms with Crippen LogP contribution in [0.25, 0.3) is 16.7 Å². The SMILES string of the molecule is Cc1cc(C)cc(-n2nc3ccc(Cl)cc3n2)c1. The Hall–Kier alpha value is -1.87. The smallest absolute Gasteiger partial charge is 0.115 e. The largest absolute Gasteiger partial charge is 0.150 e. The Balaban J connectivity index is 2.19. The van der Waals surface area contributed by atoms with E-state index >= 15 is 0 Å². The molecule has 3 nitrogen and oxygen atoms in total. The highest BCUT2D eigenvalue weighted by atomic mass is 35.5. The van der Waals surface area contributed by atoms with E-state index in [0.29, 0.717) is 5.02 Å². The molecule has 2 aromatic carbocycles. The van der Waals surface area contributed by atoms with Crippen molar-refractivity contribution in [3.8, 4) is 5.69 Å². The number of rotatable bonds is 1. The summed E-state index contributed by atoms with van der Waals surface area (Å²) in [6, 6.07) is 11.8. The van der Waals surface area contributed by atoms with Crippen LogP contribution in [0.5, 0.6) is 0 Å². The average Bonchev–Trinajstić information content (AvgIpc) is 2.70. The summed E-state index contributed by atoms with van der Waals surface area (Å²) >= 11 is 5.95. The molecule has 0 amide bonds. The van der Waals surface area contributed by atoms with Gasteiger partial charge >= 0.3 is 0 Å². The first-order valence-corrected chi connectivity index (χ1v) is 6.11. The van der Waals surface area contributed by atoms with Gasteiger partial charge in [0.2, 0.25) is 0 Å². The van der Waals surface area contributed by atoms with Gasteiger partial charge in [0.1, 0.15) is 11.0 Å². The quantitative estimate of drug-likeness (QED) is 0.666. The molecule has 0 aliphatic rings. The molecule has 0 unspecified atom stereocenters. The van der Waals surface area contributed by atoms with Crippen LogP contribution in [0.3, 0.4) is 0 Å². The van der Waals surface area contributed by atoms with Crippen LogP contribution in [0, 0.1) is 13.8 Å². The molecule has 0 N–H and O–H groups in total. The lowest BCUT2D eigenvalue weighted by molar-refractivity contribution is 0.764. The predicted octanol–water partition coefficient (Wildman–Crippen LogP) is 3.69. The van der Waals surface area contributed by atoms with Gasteiger partial charge < -0.3 is 0 Å². The van der Waals surface area contributed by atoms with E-state index in [1.807, 2.05) is 18.2 Å². The van der Waals surface area contributed by atoms with Crippen molar-refractivity contribution >= 4 is 22.6 Å². The Kier molecular flexibility index (Phi) is 2.56. The van der Waals surface area contributed by atoms with Crippen LogP contribution in [0.2, 0.25) is 5.02 Å². The minimum absolute atomic E-state index is 0.676. The maximum absolute atomic E-state index is 5.95. The molecule has 0 aliphatic carbocycles. The van der Waals surface area contributed by atoms with Gasteiger partial charge in [0, 0.05) is 5.02 Å². The fraction of sp³-hybridized carbons (Fsp3) is 0.143. The minimum atomic E-state index is 0.676. The van der Waals surface area contributed by atoms with Gasteiger partial charge in [0.15, 0.2) is 0 Å². The lowest BCUT2D eigenvalue weighted by Crippen LogP contribution is -1.99. The first-order chi connectivity index (χ1) is 8.61. The summed E-state index contributed by atoms with van der Waals surface area (Å²) in [4.78, 5) is 1.65. The monoisotopic (exact) mass is 257 g/mol. The maximum atomic E-state index is 5.95. The molecule has 0 saturated carbocycles. The van der Waals surface area contributed by atoms with E-state index < -0.39 is 0 Å². The maximum Gasteiger partial charge on any atom is 0.115 e. The Morgan fingerprint density at radius 3 is 2.28 bits per heavy atom. The second-order valence-corrected chi connectivity index (χ2v) is 4.90. The molecule has 3 rings (SSSR count). The number of aryl methyl sites for hydroxylation is 2. The second kappa shape index (κ2) is 4.10. The van der Waals surface area contributed by atoms with Crippen LogP contribution >= 0.6 is 11.6 Å². The molecule has 0 bridgehead atoms. The van der Waals surface area contributed by atoms with E-state index in [1.54, 1.807) is 4.80 Å². The van der Waals surface area contributed by atoms with Crippen LogP contribution in [0.1, 0.15) is 11.1 Å². The van der Waals surface area contributed by atoms with Gasteiger partial charge in [-0.2, -0.15) is 4.80 Å². The van der Waals surface area contributed by atoms with Crippen LogP contribution in [0.15, 0.2) is 36.4 Å². The molecule has 1 aromatic heterocycles. The van der Waals surface area contributed by atoms with Gasteiger partial charge in [0.05, 0.1) is 5.69 Å². The molecule has 90 valence electrons. The van der Waals surface area contributed by atoms with Crippen LogP contribution in [-0.4, -0.2) is 15.0 Å². The summed E-state index contributed by atoms with van der Waals surface area (Å²) in [6.07, 6.45) is 0. The van der Waals surface area contributed by atoms with Crippen molar-refractivity contribution in [1.29, 1.82) is 0 Å². The first-order valence-electron chi connectivity index (χ1n) is 5.73. The number of nitrogens with zero attached hydrogens (tertiary/aromatic N) is 3. The third-order valence-electron chi connectivity index (χ3n) is 2.78. The van der Waals surface area contributed by atoms with E-state index in [4.69, 9.17) is 11.6 Å². The molecule has 0 spiro atoms. The Morgan fingerprint density at radius 2 is 1.56 bits per heavy atom. The summed E-state index contributed by atoms with van der Waals surface area (Å²) in [5.41, 5.74) is 5.02. The fourth-order valence-corrected chi connectivity index (χ4v) is 2.24. The second-order valence-electron chi connectivity index (χ2n) is 4.47. The lowest BCUT2D eigenvalue weighted by Gasteiger charge is -2.02. The van der Waals surface area contributed by atoms with Gasteiger partial charge in [-0.3, -0.25) is 0 Å². The zero-order valence-electron chi connectivity index (χ0n) is 10.2. The molecule has 0 aliphatic heterocycles. The minimum Gasteiger partial charge on any atom is -0.150 e. The van der Waals surface area contributed by atoms with E-state index in [2.05, 4.69) is 42.2 Å². The molecular formula is C14H12ClN3. The molecule has 0 saturated heterocycles. The molecule has 18 heavy (non-hydrogen) atoms. The van der Waals surface area contributed by atoms with Crippen molar-refractivity contribution in [1.82, 2.24) is 15.0 Å². The lowest BCUT2D eigenvalue weighted by atomic mass is 10.1. The predicted molar refractivity (Wildman–Crippen MR) is 73.3 cm³/mol. The number of halogens is 1. The summed E-state index contributed by atoms with van der Waals surface area (Å²) in [5, 5.41) is 9.58. The first kappa shape index (κ1) is 11.2. The molecule has 0 fully saturated rings. The molecular weight excluding hydrogens is 246 g/mol. The Morgan fingerprint density at radius 1 is 0.889 bits per heavy atom. The molecule has 0 radical (unpaired) electrons. The highest BCUT2D eigenvalue weighted by Crippen LogP contribution is 2.18. The topological polar surface area (TPSA) is 30.7 Å². The Bertz CT molecular complexity index is 711. The molecule has 0 atom stereocenters. The number of benzene rings is 2. The highest BCUT2D eigenvalue weighted by molar-refractivity contribution is 6.31. The van der Waals surface area contributed by atoms with Crippen molar-refractivity contribution in [3.63, 3.8) is 0 Å². The normalized spacial score (nSPS) is 11.1. The van der Waals surface area contributed by atoms with Gasteiger partial charge in [-0.15, -0.1) is 10.2 Å². The summed E-state index contributed by atoms with van der Waals surface area (Å²) < 4.78 is 0. The van der Waals surface area contributed by atoms with Crippen molar-refractivity contribution in [3.05, 3.63) is 52.5 Å².